The van der Waals surface area contributed by atoms with E-state index in [-0.39, 0.29) is 48.2 Å². The molecule has 5 nitrogen and oxygen atoms in total. The highest BCUT2D eigenvalue weighted by Gasteiger charge is 2.35. The second kappa shape index (κ2) is 8.06. The van der Waals surface area contributed by atoms with Gasteiger partial charge in [0.15, 0.2) is 5.69 Å². The molecule has 0 aromatic carbocycles. The summed E-state index contributed by atoms with van der Waals surface area (Å²) < 4.78 is 85.2. The van der Waals surface area contributed by atoms with Crippen LogP contribution in [0.5, 0.6) is 17.6 Å². The van der Waals surface area contributed by atoms with Gasteiger partial charge in [-0.05, 0) is 6.42 Å². The lowest BCUT2D eigenvalue weighted by Gasteiger charge is -2.08. The first-order valence-electron chi connectivity index (χ1n) is 7.14. The van der Waals surface area contributed by atoms with Gasteiger partial charge in [-0.2, -0.15) is 36.4 Å². The maximum absolute atomic E-state index is 12.6. The molecule has 0 spiro atoms. The maximum atomic E-state index is 12.6. The summed E-state index contributed by atoms with van der Waals surface area (Å²) >= 11 is -0.147. The molecule has 0 bridgehead atoms. The number of nitrogens with zero attached hydrogens (tertiary/aromatic N) is 3. The zero-order chi connectivity index (χ0) is 19.4. The lowest BCUT2D eigenvalue weighted by Crippen LogP contribution is -2.06. The van der Waals surface area contributed by atoms with E-state index in [2.05, 4.69) is 10.1 Å². The van der Waals surface area contributed by atoms with Crippen LogP contribution in [0.3, 0.4) is 0 Å². The van der Waals surface area contributed by atoms with E-state index in [9.17, 15) is 26.3 Å². The predicted molar refractivity (Wildman–Crippen MR) is 81.1 cm³/mol. The summed E-state index contributed by atoms with van der Waals surface area (Å²) in [6, 6.07) is 5.06. The topological polar surface area (TPSA) is 49.2 Å². The first kappa shape index (κ1) is 20.2. The van der Waals surface area contributed by atoms with Crippen molar-refractivity contribution in [1.29, 1.82) is 0 Å². The van der Waals surface area contributed by atoms with Crippen molar-refractivity contribution in [3.63, 3.8) is 0 Å². The van der Waals surface area contributed by atoms with Gasteiger partial charge in [-0.25, -0.2) is 4.68 Å². The second-order valence-corrected chi connectivity index (χ2v) is 6.06. The van der Waals surface area contributed by atoms with E-state index >= 15 is 0 Å². The van der Waals surface area contributed by atoms with Gasteiger partial charge in [0.2, 0.25) is 17.6 Å². The van der Waals surface area contributed by atoms with Crippen LogP contribution in [0.2, 0.25) is 0 Å². The number of thioether (sulfide) groups is 1. The van der Waals surface area contributed by atoms with Crippen molar-refractivity contribution in [2.45, 2.75) is 18.1 Å². The Bertz CT molecular complexity index is 732. The quantitative estimate of drug-likeness (QED) is 0.499. The molecule has 2 aromatic rings. The van der Waals surface area contributed by atoms with E-state index in [1.807, 2.05) is 0 Å². The first-order chi connectivity index (χ1) is 12.0. The number of pyridine rings is 1. The van der Waals surface area contributed by atoms with Crippen LogP contribution in [0, 0.1) is 0 Å². The minimum atomic E-state index is -4.60. The van der Waals surface area contributed by atoms with Gasteiger partial charge >= 0.3 is 11.7 Å². The average Bonchev–Trinajstić information content (AvgIpc) is 2.87. The van der Waals surface area contributed by atoms with E-state index in [1.54, 1.807) is 0 Å². The van der Waals surface area contributed by atoms with Gasteiger partial charge in [-0.15, -0.1) is 0 Å². The molecule has 0 aliphatic rings. The fraction of sp³-hybridized carbons (Fsp3) is 0.429. The van der Waals surface area contributed by atoms with Gasteiger partial charge in [-0.3, -0.25) is 0 Å². The fourth-order valence-corrected chi connectivity index (χ4v) is 2.24. The zero-order valence-electron chi connectivity index (χ0n) is 13.3. The molecule has 0 unspecified atom stereocenters. The monoisotopic (exact) mass is 401 g/mol. The van der Waals surface area contributed by atoms with Gasteiger partial charge in [-0.1, -0.05) is 17.8 Å². The molecule has 0 saturated carbocycles. The molecule has 0 atom stereocenters. The summed E-state index contributed by atoms with van der Waals surface area (Å²) in [6.45, 7) is 0.00344. The molecule has 0 aliphatic carbocycles. The Hall–Kier alpha value is -2.11. The van der Waals surface area contributed by atoms with Gasteiger partial charge in [0.25, 0.3) is 0 Å². The normalized spacial score (nSPS) is 12.3. The average molecular weight is 401 g/mol. The lowest BCUT2D eigenvalue weighted by molar-refractivity contribution is -0.141. The van der Waals surface area contributed by atoms with E-state index in [4.69, 9.17) is 9.47 Å². The maximum Gasteiger partial charge on any atom is 0.441 e. The number of aromatic nitrogens is 3. The van der Waals surface area contributed by atoms with E-state index in [1.165, 1.54) is 25.2 Å². The molecule has 0 saturated heterocycles. The van der Waals surface area contributed by atoms with Crippen molar-refractivity contribution in [2.24, 2.45) is 7.05 Å². The summed E-state index contributed by atoms with van der Waals surface area (Å²) in [5.74, 6) is -0.292. The number of ether oxygens (including phenoxy) is 2. The van der Waals surface area contributed by atoms with Crippen LogP contribution in [-0.4, -0.2) is 32.6 Å². The SMILES string of the molecule is Cn1nc(C(F)(F)F)cc1Oc1cccc(OCCCSC(F)(F)F)n1. The number of rotatable bonds is 7. The Balaban J connectivity index is 1.92. The van der Waals surface area contributed by atoms with Crippen LogP contribution >= 0.6 is 11.8 Å². The molecule has 2 rings (SSSR count). The fourth-order valence-electron chi connectivity index (χ4n) is 1.75. The standard InChI is InChI=1S/C14H13F6N3O2S/c1-23-12(8-9(22-23)13(15,16)17)25-11-5-2-4-10(21-11)24-6-3-7-26-14(18,19)20/h2,4-5,8H,3,6-7H2,1H3. The smallest absolute Gasteiger partial charge is 0.441 e. The Labute approximate surface area is 148 Å². The summed E-state index contributed by atoms with van der Waals surface area (Å²) in [5.41, 5.74) is -5.39. The van der Waals surface area contributed by atoms with Crippen LogP contribution in [0.15, 0.2) is 24.3 Å². The Morgan fingerprint density at radius 1 is 1.12 bits per heavy atom. The predicted octanol–water partition coefficient (Wildman–Crippen LogP) is 4.65. The van der Waals surface area contributed by atoms with Crippen LogP contribution in [0.25, 0.3) is 0 Å². The van der Waals surface area contributed by atoms with Crippen molar-refractivity contribution in [2.75, 3.05) is 12.4 Å². The molecular weight excluding hydrogens is 388 g/mol. The third-order valence-electron chi connectivity index (χ3n) is 2.84. The van der Waals surface area contributed by atoms with Gasteiger partial charge in [0, 0.05) is 31.0 Å². The number of alkyl halides is 6. The van der Waals surface area contributed by atoms with Crippen LogP contribution < -0.4 is 9.47 Å². The van der Waals surface area contributed by atoms with Crippen molar-refractivity contribution in [1.82, 2.24) is 14.8 Å². The van der Waals surface area contributed by atoms with Gasteiger partial charge < -0.3 is 9.47 Å². The molecule has 0 N–H and O–H groups in total. The van der Waals surface area contributed by atoms with Crippen LogP contribution in [0.1, 0.15) is 12.1 Å². The van der Waals surface area contributed by atoms with Gasteiger partial charge in [0.1, 0.15) is 0 Å². The van der Waals surface area contributed by atoms with Gasteiger partial charge in [0.05, 0.1) is 6.61 Å². The molecular formula is C14H13F6N3O2S. The highest BCUT2D eigenvalue weighted by atomic mass is 32.2. The van der Waals surface area contributed by atoms with Crippen molar-refractivity contribution < 1.29 is 35.8 Å². The summed E-state index contributed by atoms with van der Waals surface area (Å²) in [4.78, 5) is 3.93. The summed E-state index contributed by atoms with van der Waals surface area (Å²) in [7, 11) is 1.28. The Morgan fingerprint density at radius 2 is 1.81 bits per heavy atom. The third kappa shape index (κ3) is 6.32. The van der Waals surface area contributed by atoms with E-state index < -0.39 is 17.4 Å². The number of halogens is 6. The van der Waals surface area contributed by atoms with Crippen molar-refractivity contribution in [3.05, 3.63) is 30.0 Å². The zero-order valence-corrected chi connectivity index (χ0v) is 14.1. The summed E-state index contributed by atoms with van der Waals surface area (Å²) in [5, 5.41) is 3.30. The molecule has 144 valence electrons. The number of hydrogen-bond acceptors (Lipinski definition) is 5. The summed E-state index contributed by atoms with van der Waals surface area (Å²) in [6.07, 6.45) is -4.46. The van der Waals surface area contributed by atoms with E-state index in [0.29, 0.717) is 0 Å². The molecule has 2 aromatic heterocycles. The Morgan fingerprint density at radius 3 is 2.42 bits per heavy atom. The highest BCUT2D eigenvalue weighted by Crippen LogP contribution is 2.32. The molecule has 0 fully saturated rings. The first-order valence-corrected chi connectivity index (χ1v) is 8.13. The minimum Gasteiger partial charge on any atom is -0.478 e. The molecule has 26 heavy (non-hydrogen) atoms. The van der Waals surface area contributed by atoms with E-state index in [0.717, 1.165) is 10.7 Å². The molecule has 2 heterocycles. The number of aryl methyl sites for hydroxylation is 1. The Kier molecular flexibility index (Phi) is 6.26. The van der Waals surface area contributed by atoms with Crippen LogP contribution in [-0.2, 0) is 13.2 Å². The van der Waals surface area contributed by atoms with Crippen molar-refractivity contribution >= 4 is 11.8 Å². The molecule has 0 amide bonds. The second-order valence-electron chi connectivity index (χ2n) is 4.90. The minimum absolute atomic E-state index is 0.00344. The molecule has 0 radical (unpaired) electrons. The van der Waals surface area contributed by atoms with Crippen LogP contribution in [0.4, 0.5) is 26.3 Å². The third-order valence-corrected chi connectivity index (χ3v) is 3.66. The lowest BCUT2D eigenvalue weighted by atomic mass is 10.4. The number of hydrogen-bond donors (Lipinski definition) is 0. The highest BCUT2D eigenvalue weighted by molar-refractivity contribution is 8.00. The molecule has 12 heteroatoms. The largest absolute Gasteiger partial charge is 0.478 e. The van der Waals surface area contributed by atoms with Crippen molar-refractivity contribution in [3.8, 4) is 17.6 Å². The molecule has 0 aliphatic heterocycles.